The van der Waals surface area contributed by atoms with Crippen LogP contribution in [0.2, 0.25) is 0 Å². The van der Waals surface area contributed by atoms with Crippen molar-refractivity contribution in [1.29, 1.82) is 0 Å². The monoisotopic (exact) mass is 281 g/mol. The molecule has 1 fully saturated rings. The Morgan fingerprint density at radius 1 is 1.42 bits per heavy atom. The Morgan fingerprint density at radius 3 is 2.63 bits per heavy atom. The number of carboxylic acid groups (broad SMARTS) is 1. The van der Waals surface area contributed by atoms with Crippen molar-refractivity contribution in [2.45, 2.75) is 32.6 Å². The van der Waals surface area contributed by atoms with Gasteiger partial charge in [-0.3, -0.25) is 9.59 Å². The van der Waals surface area contributed by atoms with Crippen molar-refractivity contribution in [3.8, 4) is 0 Å². The minimum absolute atomic E-state index is 0.129. The van der Waals surface area contributed by atoms with Gasteiger partial charge in [0.05, 0.1) is 4.88 Å². The summed E-state index contributed by atoms with van der Waals surface area (Å²) >= 11 is 1.50. The molecule has 0 spiro atoms. The number of carboxylic acids is 1. The van der Waals surface area contributed by atoms with E-state index in [9.17, 15) is 9.59 Å². The van der Waals surface area contributed by atoms with Gasteiger partial charge in [-0.05, 0) is 49.1 Å². The molecule has 0 aromatic carbocycles. The fourth-order valence-corrected chi connectivity index (χ4v) is 3.38. The van der Waals surface area contributed by atoms with Crippen LogP contribution in [-0.4, -0.2) is 35.0 Å². The van der Waals surface area contributed by atoms with Gasteiger partial charge < -0.3 is 10.0 Å². The van der Waals surface area contributed by atoms with Crippen molar-refractivity contribution >= 4 is 23.2 Å². The van der Waals surface area contributed by atoms with E-state index in [2.05, 4.69) is 0 Å². The second-order valence-corrected chi connectivity index (χ2v) is 6.02. The third-order valence-electron chi connectivity index (χ3n) is 3.72. The van der Waals surface area contributed by atoms with E-state index in [-0.39, 0.29) is 12.3 Å². The molecule has 1 amide bonds. The summed E-state index contributed by atoms with van der Waals surface area (Å²) in [6.45, 7) is 3.46. The number of carbonyl (C=O) groups is 2. The fourth-order valence-electron chi connectivity index (χ4n) is 2.49. The normalized spacial score (nSPS) is 16.6. The molecular weight excluding hydrogens is 262 g/mol. The summed E-state index contributed by atoms with van der Waals surface area (Å²) in [4.78, 5) is 25.6. The lowest BCUT2D eigenvalue weighted by molar-refractivity contribution is -0.137. The van der Waals surface area contributed by atoms with Crippen LogP contribution in [0.3, 0.4) is 0 Å². The predicted octanol–water partition coefficient (Wildman–Crippen LogP) is 2.77. The summed E-state index contributed by atoms with van der Waals surface area (Å²) in [5.41, 5.74) is 1.04. The lowest BCUT2D eigenvalue weighted by Crippen LogP contribution is -2.38. The molecule has 1 aromatic rings. The van der Waals surface area contributed by atoms with Gasteiger partial charge in [0.2, 0.25) is 0 Å². The quantitative estimate of drug-likeness (QED) is 0.923. The second-order valence-electron chi connectivity index (χ2n) is 5.10. The van der Waals surface area contributed by atoms with E-state index in [4.69, 9.17) is 5.11 Å². The van der Waals surface area contributed by atoms with Gasteiger partial charge in [-0.25, -0.2) is 0 Å². The van der Waals surface area contributed by atoms with Crippen molar-refractivity contribution in [3.05, 3.63) is 21.9 Å². The zero-order chi connectivity index (χ0) is 13.8. The molecule has 1 aliphatic rings. The Morgan fingerprint density at radius 2 is 2.11 bits per heavy atom. The van der Waals surface area contributed by atoms with Crippen molar-refractivity contribution < 1.29 is 14.7 Å². The second kappa shape index (κ2) is 6.19. The van der Waals surface area contributed by atoms with Gasteiger partial charge in [0.25, 0.3) is 5.91 Å². The molecule has 0 unspecified atom stereocenters. The molecule has 0 radical (unpaired) electrons. The van der Waals surface area contributed by atoms with Crippen LogP contribution >= 0.6 is 11.3 Å². The number of aryl methyl sites for hydroxylation is 1. The average molecular weight is 281 g/mol. The summed E-state index contributed by atoms with van der Waals surface area (Å²) < 4.78 is 0. The van der Waals surface area contributed by atoms with Gasteiger partial charge in [-0.15, -0.1) is 11.3 Å². The van der Waals surface area contributed by atoms with E-state index in [1.54, 1.807) is 0 Å². The molecule has 1 saturated heterocycles. The number of nitrogens with zero attached hydrogens (tertiary/aromatic N) is 1. The van der Waals surface area contributed by atoms with Gasteiger partial charge in [0.15, 0.2) is 0 Å². The first kappa shape index (κ1) is 14.1. The summed E-state index contributed by atoms with van der Waals surface area (Å²) in [7, 11) is 0. The maximum atomic E-state index is 12.3. The standard InChI is InChI=1S/C14H19NO3S/c1-10-6-9-19-13(10)14(18)15-7-4-11(5-8-15)2-3-12(16)17/h6,9,11H,2-5,7-8H2,1H3,(H,16,17). The van der Waals surface area contributed by atoms with Gasteiger partial charge in [0.1, 0.15) is 0 Å². The van der Waals surface area contributed by atoms with Crippen molar-refractivity contribution in [3.63, 3.8) is 0 Å². The molecule has 2 rings (SSSR count). The molecule has 1 N–H and O–H groups in total. The SMILES string of the molecule is Cc1ccsc1C(=O)N1CCC(CCC(=O)O)CC1. The van der Waals surface area contributed by atoms with Gasteiger partial charge in [0, 0.05) is 19.5 Å². The number of thiophene rings is 1. The van der Waals surface area contributed by atoms with E-state index < -0.39 is 5.97 Å². The number of aliphatic carboxylic acids is 1. The highest BCUT2D eigenvalue weighted by molar-refractivity contribution is 7.12. The summed E-state index contributed by atoms with van der Waals surface area (Å²) in [5.74, 6) is -0.151. The lowest BCUT2D eigenvalue weighted by atomic mass is 9.92. The van der Waals surface area contributed by atoms with Crippen LogP contribution in [0.15, 0.2) is 11.4 Å². The highest BCUT2D eigenvalue weighted by Crippen LogP contribution is 2.25. The molecule has 4 nitrogen and oxygen atoms in total. The zero-order valence-corrected chi connectivity index (χ0v) is 11.9. The average Bonchev–Trinajstić information content (AvgIpc) is 2.82. The molecule has 0 saturated carbocycles. The van der Waals surface area contributed by atoms with Gasteiger partial charge >= 0.3 is 5.97 Å². The Bertz CT molecular complexity index is 461. The van der Waals surface area contributed by atoms with Crippen LogP contribution in [0.1, 0.15) is 40.9 Å². The summed E-state index contributed by atoms with van der Waals surface area (Å²) in [6, 6.07) is 1.97. The Labute approximate surface area is 117 Å². The topological polar surface area (TPSA) is 57.6 Å². The number of amides is 1. The number of carbonyl (C=O) groups excluding carboxylic acids is 1. The van der Waals surface area contributed by atoms with E-state index in [1.165, 1.54) is 11.3 Å². The molecule has 0 atom stereocenters. The molecule has 0 bridgehead atoms. The summed E-state index contributed by atoms with van der Waals surface area (Å²) in [6.07, 6.45) is 2.81. The van der Waals surface area contributed by atoms with E-state index in [1.807, 2.05) is 23.3 Å². The number of piperidine rings is 1. The lowest BCUT2D eigenvalue weighted by Gasteiger charge is -2.31. The largest absolute Gasteiger partial charge is 0.481 e. The van der Waals surface area contributed by atoms with Crippen LogP contribution in [0.4, 0.5) is 0 Å². The third kappa shape index (κ3) is 3.56. The van der Waals surface area contributed by atoms with Gasteiger partial charge in [-0.1, -0.05) is 0 Å². The minimum atomic E-state index is -0.729. The molecule has 5 heteroatoms. The van der Waals surface area contributed by atoms with Crippen LogP contribution in [0, 0.1) is 12.8 Å². The van der Waals surface area contributed by atoms with Crippen LogP contribution < -0.4 is 0 Å². The third-order valence-corrected chi connectivity index (χ3v) is 4.73. The first-order chi connectivity index (χ1) is 9.08. The molecule has 2 heterocycles. The molecule has 19 heavy (non-hydrogen) atoms. The number of hydrogen-bond acceptors (Lipinski definition) is 3. The van der Waals surface area contributed by atoms with Crippen molar-refractivity contribution in [2.24, 2.45) is 5.92 Å². The predicted molar refractivity (Wildman–Crippen MR) is 74.6 cm³/mol. The fraction of sp³-hybridized carbons (Fsp3) is 0.571. The molecule has 104 valence electrons. The smallest absolute Gasteiger partial charge is 0.303 e. The molecule has 1 aliphatic heterocycles. The van der Waals surface area contributed by atoms with Crippen molar-refractivity contribution in [2.75, 3.05) is 13.1 Å². The van der Waals surface area contributed by atoms with Crippen LogP contribution in [-0.2, 0) is 4.79 Å². The van der Waals surface area contributed by atoms with Crippen molar-refractivity contribution in [1.82, 2.24) is 4.90 Å². The Kier molecular flexibility index (Phi) is 4.58. The maximum Gasteiger partial charge on any atom is 0.303 e. The Balaban J connectivity index is 1.85. The van der Waals surface area contributed by atoms with Crippen LogP contribution in [0.25, 0.3) is 0 Å². The molecule has 0 aliphatic carbocycles. The highest BCUT2D eigenvalue weighted by Gasteiger charge is 2.25. The Hall–Kier alpha value is -1.36. The van der Waals surface area contributed by atoms with E-state index in [0.29, 0.717) is 5.92 Å². The minimum Gasteiger partial charge on any atom is -0.481 e. The van der Waals surface area contributed by atoms with E-state index in [0.717, 1.165) is 42.8 Å². The first-order valence-corrected chi connectivity index (χ1v) is 7.51. The number of likely N-dealkylation sites (tertiary alicyclic amines) is 1. The number of hydrogen-bond donors (Lipinski definition) is 1. The summed E-state index contributed by atoms with van der Waals surface area (Å²) in [5, 5.41) is 10.6. The number of rotatable bonds is 4. The maximum absolute atomic E-state index is 12.3. The molecular formula is C14H19NO3S. The van der Waals surface area contributed by atoms with E-state index >= 15 is 0 Å². The van der Waals surface area contributed by atoms with Gasteiger partial charge in [-0.2, -0.15) is 0 Å². The zero-order valence-electron chi connectivity index (χ0n) is 11.1. The first-order valence-electron chi connectivity index (χ1n) is 6.63. The highest BCUT2D eigenvalue weighted by atomic mass is 32.1. The van der Waals surface area contributed by atoms with Crippen LogP contribution in [0.5, 0.6) is 0 Å². The molecule has 1 aromatic heterocycles.